The van der Waals surface area contributed by atoms with E-state index in [2.05, 4.69) is 9.97 Å². The lowest BCUT2D eigenvalue weighted by molar-refractivity contribution is -0.145. The molecule has 0 unspecified atom stereocenters. The van der Waals surface area contributed by atoms with Crippen LogP contribution < -0.4 is 10.5 Å². The Morgan fingerprint density at radius 2 is 1.77 bits per heavy atom. The van der Waals surface area contributed by atoms with Crippen molar-refractivity contribution in [1.29, 1.82) is 0 Å². The van der Waals surface area contributed by atoms with Crippen LogP contribution in [0.3, 0.4) is 0 Å². The Labute approximate surface area is 150 Å². The molecule has 0 aliphatic carbocycles. The Balaban J connectivity index is 1.94. The van der Waals surface area contributed by atoms with E-state index in [1.54, 1.807) is 24.3 Å². The molecule has 2 aromatic carbocycles. The number of aromatic nitrogens is 2. The zero-order valence-electron chi connectivity index (χ0n) is 13.0. The number of alkyl halides is 3. The zero-order valence-corrected chi connectivity index (χ0v) is 13.8. The number of carbonyl (C=O) groups excluding carboxylic acids is 1. The number of hydrogen-bond acceptors (Lipinski definition) is 4. The van der Waals surface area contributed by atoms with Gasteiger partial charge >= 0.3 is 6.18 Å². The Morgan fingerprint density at radius 3 is 2.35 bits per heavy atom. The van der Waals surface area contributed by atoms with Crippen LogP contribution >= 0.6 is 11.6 Å². The van der Waals surface area contributed by atoms with E-state index in [4.69, 9.17) is 22.1 Å². The normalized spacial score (nSPS) is 11.5. The van der Waals surface area contributed by atoms with Crippen LogP contribution in [0.4, 0.5) is 13.2 Å². The first-order chi connectivity index (χ1) is 12.3. The summed E-state index contributed by atoms with van der Waals surface area (Å²) >= 11 is 6.17. The number of rotatable bonds is 4. The lowest BCUT2D eigenvalue weighted by Crippen LogP contribution is -2.14. The maximum atomic E-state index is 12.5. The molecule has 1 heterocycles. The summed E-state index contributed by atoms with van der Waals surface area (Å²) in [6.07, 6.45) is -2.60. The number of ether oxygens (including phenoxy) is 1. The molecule has 0 atom stereocenters. The second kappa shape index (κ2) is 6.80. The fraction of sp³-hybridized carbons (Fsp3) is 0.118. The second-order valence-electron chi connectivity index (χ2n) is 5.35. The highest BCUT2D eigenvalue weighted by atomic mass is 35.5. The van der Waals surface area contributed by atoms with Gasteiger partial charge in [0.2, 0.25) is 5.82 Å². The van der Waals surface area contributed by atoms with Crippen molar-refractivity contribution in [2.24, 2.45) is 5.73 Å². The van der Waals surface area contributed by atoms with E-state index in [0.29, 0.717) is 21.4 Å². The van der Waals surface area contributed by atoms with Crippen LogP contribution in [0.5, 0.6) is 5.75 Å². The molecule has 0 bridgehead atoms. The fourth-order valence-corrected chi connectivity index (χ4v) is 2.65. The van der Waals surface area contributed by atoms with Gasteiger partial charge in [0.25, 0.3) is 5.91 Å². The summed E-state index contributed by atoms with van der Waals surface area (Å²) in [6, 6.07) is 8.34. The predicted molar refractivity (Wildman–Crippen MR) is 88.8 cm³/mol. The highest BCUT2D eigenvalue weighted by Crippen LogP contribution is 2.35. The number of benzene rings is 2. The lowest BCUT2D eigenvalue weighted by atomic mass is 10.0. The third-order valence-corrected chi connectivity index (χ3v) is 3.86. The molecule has 0 fully saturated rings. The molecule has 0 saturated heterocycles. The van der Waals surface area contributed by atoms with Gasteiger partial charge in [-0.25, -0.2) is 9.97 Å². The minimum Gasteiger partial charge on any atom is -0.487 e. The van der Waals surface area contributed by atoms with Gasteiger partial charge in [0.15, 0.2) is 0 Å². The van der Waals surface area contributed by atoms with Gasteiger partial charge in [-0.15, -0.1) is 0 Å². The first-order valence-corrected chi connectivity index (χ1v) is 7.67. The van der Waals surface area contributed by atoms with Gasteiger partial charge in [-0.2, -0.15) is 13.2 Å². The SMILES string of the molecule is NC(=O)c1cc(Cl)c2ccccc2c1OCc1cnc(C(F)(F)F)nc1. The molecule has 3 rings (SSSR count). The van der Waals surface area contributed by atoms with Gasteiger partial charge in [-0.3, -0.25) is 4.79 Å². The molecule has 1 aromatic heterocycles. The van der Waals surface area contributed by atoms with Crippen LogP contribution in [0, 0.1) is 0 Å². The van der Waals surface area contributed by atoms with Gasteiger partial charge in [0.05, 0.1) is 5.56 Å². The highest BCUT2D eigenvalue weighted by molar-refractivity contribution is 6.36. The van der Waals surface area contributed by atoms with Crippen molar-refractivity contribution in [3.8, 4) is 5.75 Å². The van der Waals surface area contributed by atoms with Crippen LogP contribution in [0.1, 0.15) is 21.7 Å². The van der Waals surface area contributed by atoms with E-state index in [1.807, 2.05) is 0 Å². The third kappa shape index (κ3) is 3.55. The van der Waals surface area contributed by atoms with Crippen LogP contribution in [-0.4, -0.2) is 15.9 Å². The van der Waals surface area contributed by atoms with E-state index < -0.39 is 17.9 Å². The Kier molecular flexibility index (Phi) is 4.69. The molecule has 3 aromatic rings. The first kappa shape index (κ1) is 17.9. The Hall–Kier alpha value is -2.87. The van der Waals surface area contributed by atoms with E-state index in [1.165, 1.54) is 6.07 Å². The molecule has 0 aliphatic heterocycles. The van der Waals surface area contributed by atoms with E-state index in [0.717, 1.165) is 12.4 Å². The van der Waals surface area contributed by atoms with Crippen LogP contribution in [0.2, 0.25) is 5.02 Å². The maximum Gasteiger partial charge on any atom is 0.451 e. The third-order valence-electron chi connectivity index (χ3n) is 3.55. The summed E-state index contributed by atoms with van der Waals surface area (Å²) in [7, 11) is 0. The lowest BCUT2D eigenvalue weighted by Gasteiger charge is -2.14. The molecule has 0 saturated carbocycles. The van der Waals surface area contributed by atoms with Crippen LogP contribution in [0.25, 0.3) is 10.8 Å². The maximum absolute atomic E-state index is 12.5. The molecular weight excluding hydrogens is 371 g/mol. The Morgan fingerprint density at radius 1 is 1.15 bits per heavy atom. The van der Waals surface area contributed by atoms with Crippen molar-refractivity contribution >= 4 is 28.3 Å². The quantitative estimate of drug-likeness (QED) is 0.741. The summed E-state index contributed by atoms with van der Waals surface area (Å²) in [5, 5.41) is 1.54. The predicted octanol–water partition coefficient (Wildman–Crippen LogP) is 3.98. The van der Waals surface area contributed by atoms with Gasteiger partial charge in [0, 0.05) is 33.8 Å². The van der Waals surface area contributed by atoms with Crippen molar-refractivity contribution in [3.05, 3.63) is 64.7 Å². The van der Waals surface area contributed by atoms with Gasteiger partial charge in [-0.1, -0.05) is 35.9 Å². The number of hydrogen-bond donors (Lipinski definition) is 1. The molecule has 2 N–H and O–H groups in total. The average Bonchev–Trinajstić information content (AvgIpc) is 2.60. The van der Waals surface area contributed by atoms with E-state index in [-0.39, 0.29) is 17.9 Å². The fourth-order valence-electron chi connectivity index (χ4n) is 2.37. The Bertz CT molecular complexity index is 975. The minimum atomic E-state index is -4.62. The van der Waals surface area contributed by atoms with Crippen molar-refractivity contribution in [3.63, 3.8) is 0 Å². The van der Waals surface area contributed by atoms with Gasteiger partial charge in [-0.05, 0) is 6.07 Å². The largest absolute Gasteiger partial charge is 0.487 e. The molecule has 1 amide bonds. The molecule has 0 spiro atoms. The molecular formula is C17H11ClF3N3O2. The van der Waals surface area contributed by atoms with Crippen molar-refractivity contribution in [2.75, 3.05) is 0 Å². The smallest absolute Gasteiger partial charge is 0.451 e. The summed E-state index contributed by atoms with van der Waals surface area (Å²) in [5.41, 5.74) is 5.75. The van der Waals surface area contributed by atoms with Gasteiger partial charge < -0.3 is 10.5 Å². The zero-order chi connectivity index (χ0) is 18.9. The number of nitrogens with zero attached hydrogens (tertiary/aromatic N) is 2. The first-order valence-electron chi connectivity index (χ1n) is 7.29. The number of halogens is 4. The summed E-state index contributed by atoms with van der Waals surface area (Å²) in [4.78, 5) is 18.3. The molecule has 26 heavy (non-hydrogen) atoms. The van der Waals surface area contributed by atoms with Crippen LogP contribution in [-0.2, 0) is 12.8 Å². The number of carbonyl (C=O) groups is 1. The molecule has 0 aliphatic rings. The van der Waals surface area contributed by atoms with Crippen LogP contribution in [0.15, 0.2) is 42.7 Å². The minimum absolute atomic E-state index is 0.0709. The van der Waals surface area contributed by atoms with Crippen molar-refractivity contribution < 1.29 is 22.7 Å². The number of fused-ring (bicyclic) bond motifs is 1. The molecule has 134 valence electrons. The van der Waals surface area contributed by atoms with Crippen molar-refractivity contribution in [1.82, 2.24) is 9.97 Å². The number of amides is 1. The molecule has 0 radical (unpaired) electrons. The summed E-state index contributed by atoms with van der Waals surface area (Å²) in [5.74, 6) is -1.79. The number of nitrogens with two attached hydrogens (primary N) is 1. The molecule has 9 heteroatoms. The standard InChI is InChI=1S/C17H11ClF3N3O2/c18-13-5-12(15(22)25)14(11-4-2-1-3-10(11)13)26-8-9-6-23-16(24-7-9)17(19,20)21/h1-7H,8H2,(H2,22,25). The number of primary amides is 1. The summed E-state index contributed by atoms with van der Waals surface area (Å²) < 4.78 is 43.2. The monoisotopic (exact) mass is 381 g/mol. The second-order valence-corrected chi connectivity index (χ2v) is 5.75. The van der Waals surface area contributed by atoms with E-state index in [9.17, 15) is 18.0 Å². The molecule has 5 nitrogen and oxygen atoms in total. The topological polar surface area (TPSA) is 78.1 Å². The van der Waals surface area contributed by atoms with E-state index >= 15 is 0 Å². The highest BCUT2D eigenvalue weighted by Gasteiger charge is 2.34. The summed E-state index contributed by atoms with van der Waals surface area (Å²) in [6.45, 7) is -0.149. The van der Waals surface area contributed by atoms with Gasteiger partial charge in [0.1, 0.15) is 12.4 Å². The van der Waals surface area contributed by atoms with Crippen molar-refractivity contribution in [2.45, 2.75) is 12.8 Å². The average molecular weight is 382 g/mol.